The summed E-state index contributed by atoms with van der Waals surface area (Å²) in [4.78, 5) is 0.340. The number of benzene rings is 2. The van der Waals surface area contributed by atoms with Crippen molar-refractivity contribution in [3.05, 3.63) is 47.5 Å². The van der Waals surface area contributed by atoms with Crippen LogP contribution in [0.1, 0.15) is 37.3 Å². The number of nitrogens with zero attached hydrogens (tertiary/aromatic N) is 2. The first-order chi connectivity index (χ1) is 14.7. The third-order valence-electron chi connectivity index (χ3n) is 6.01. The van der Waals surface area contributed by atoms with Crippen LogP contribution in [0.5, 0.6) is 5.75 Å². The van der Waals surface area contributed by atoms with E-state index in [1.807, 2.05) is 13.8 Å². The Morgan fingerprint density at radius 2 is 1.65 bits per heavy atom. The maximum absolute atomic E-state index is 13.6. The summed E-state index contributed by atoms with van der Waals surface area (Å²) in [5.74, 6) is 0.288. The van der Waals surface area contributed by atoms with Crippen LogP contribution in [0.3, 0.4) is 0 Å². The number of hydrogen-bond acceptors (Lipinski definition) is 5. The highest BCUT2D eigenvalue weighted by atomic mass is 32.2. The molecule has 2 aliphatic heterocycles. The van der Waals surface area contributed by atoms with Gasteiger partial charge in [-0.15, -0.1) is 0 Å². The molecule has 0 spiro atoms. The minimum Gasteiger partial charge on any atom is -0.495 e. The normalized spacial score (nSPS) is 20.0. The lowest BCUT2D eigenvalue weighted by Crippen LogP contribution is -2.36. The van der Waals surface area contributed by atoms with Crippen molar-refractivity contribution in [1.82, 2.24) is 4.31 Å². The third kappa shape index (κ3) is 3.83. The number of aryl methyl sites for hydroxylation is 1. The lowest BCUT2D eigenvalue weighted by atomic mass is 10.1. The molecular formula is C22H28N2O5S2. The molecule has 2 aliphatic rings. The van der Waals surface area contributed by atoms with E-state index in [-0.39, 0.29) is 21.6 Å². The predicted molar refractivity (Wildman–Crippen MR) is 120 cm³/mol. The van der Waals surface area contributed by atoms with Gasteiger partial charge >= 0.3 is 0 Å². The van der Waals surface area contributed by atoms with Crippen LogP contribution in [-0.2, 0) is 26.5 Å². The van der Waals surface area contributed by atoms with E-state index < -0.39 is 20.0 Å². The fourth-order valence-electron chi connectivity index (χ4n) is 4.45. The number of piperidine rings is 1. The number of rotatable bonds is 5. The standard InChI is InChI=1S/C22H28N2O5S2/c1-16-7-10-21(29-3)22(13-16)31(27,28)24-17(2)14-18-15-19(8-9-20(18)24)30(25,26)23-11-5-4-6-12-23/h7-10,13,15,17H,4-6,11-12,14H2,1-3H3/t17-/m0/s1. The molecule has 4 rings (SSSR count). The van der Waals surface area contributed by atoms with Crippen LogP contribution >= 0.6 is 0 Å². The lowest BCUT2D eigenvalue weighted by molar-refractivity contribution is 0.346. The molecule has 0 N–H and O–H groups in total. The SMILES string of the molecule is COc1ccc(C)cc1S(=O)(=O)N1c2ccc(S(=O)(=O)N3CCCCC3)cc2C[C@@H]1C. The zero-order valence-corrected chi connectivity index (χ0v) is 19.7. The smallest absolute Gasteiger partial charge is 0.268 e. The monoisotopic (exact) mass is 464 g/mol. The molecule has 7 nitrogen and oxygen atoms in total. The molecule has 0 aliphatic carbocycles. The summed E-state index contributed by atoms with van der Waals surface area (Å²) in [6.07, 6.45) is 3.23. The second kappa shape index (κ2) is 8.11. The van der Waals surface area contributed by atoms with Crippen molar-refractivity contribution in [1.29, 1.82) is 0 Å². The van der Waals surface area contributed by atoms with Crippen LogP contribution in [0, 0.1) is 6.92 Å². The van der Waals surface area contributed by atoms with Crippen LogP contribution < -0.4 is 9.04 Å². The predicted octanol–water partition coefficient (Wildman–Crippen LogP) is 3.32. The van der Waals surface area contributed by atoms with Crippen LogP contribution in [0.15, 0.2) is 46.2 Å². The highest BCUT2D eigenvalue weighted by Crippen LogP contribution is 2.40. The second-order valence-electron chi connectivity index (χ2n) is 8.26. The van der Waals surface area contributed by atoms with Crippen molar-refractivity contribution in [3.8, 4) is 5.75 Å². The van der Waals surface area contributed by atoms with Crippen LogP contribution in [-0.4, -0.2) is 47.4 Å². The number of methoxy groups -OCH3 is 1. The van der Waals surface area contributed by atoms with Gasteiger partial charge in [-0.2, -0.15) is 4.31 Å². The summed E-state index contributed by atoms with van der Waals surface area (Å²) >= 11 is 0. The first-order valence-corrected chi connectivity index (χ1v) is 13.4. The first-order valence-electron chi connectivity index (χ1n) is 10.5. The zero-order chi connectivity index (χ0) is 22.4. The first kappa shape index (κ1) is 22.1. The van der Waals surface area contributed by atoms with Gasteiger partial charge in [0, 0.05) is 19.1 Å². The molecule has 1 saturated heterocycles. The van der Waals surface area contributed by atoms with Gasteiger partial charge in [-0.1, -0.05) is 12.5 Å². The van der Waals surface area contributed by atoms with E-state index in [9.17, 15) is 16.8 Å². The van der Waals surface area contributed by atoms with E-state index >= 15 is 0 Å². The quantitative estimate of drug-likeness (QED) is 0.678. The molecule has 168 valence electrons. The van der Waals surface area contributed by atoms with Crippen LogP contribution in [0.4, 0.5) is 5.69 Å². The summed E-state index contributed by atoms with van der Waals surface area (Å²) < 4.78 is 61.5. The Labute approximate surface area is 184 Å². The van der Waals surface area contributed by atoms with E-state index in [4.69, 9.17) is 4.74 Å². The van der Waals surface area contributed by atoms with Crippen molar-refractivity contribution < 1.29 is 21.6 Å². The van der Waals surface area contributed by atoms with E-state index in [1.54, 1.807) is 30.3 Å². The molecule has 1 atom stereocenters. The zero-order valence-electron chi connectivity index (χ0n) is 18.0. The summed E-state index contributed by atoms with van der Waals surface area (Å²) in [6.45, 7) is 4.73. The van der Waals surface area contributed by atoms with Gasteiger partial charge in [-0.05, 0) is 74.6 Å². The molecule has 2 aromatic rings. The highest BCUT2D eigenvalue weighted by Gasteiger charge is 2.38. The second-order valence-corrected chi connectivity index (χ2v) is 12.0. The molecule has 0 amide bonds. The average molecular weight is 465 g/mol. The molecule has 0 saturated carbocycles. The molecule has 31 heavy (non-hydrogen) atoms. The number of anilines is 1. The number of hydrogen-bond donors (Lipinski definition) is 0. The van der Waals surface area contributed by atoms with Gasteiger partial charge in [0.05, 0.1) is 17.7 Å². The van der Waals surface area contributed by atoms with Crippen molar-refractivity contribution >= 4 is 25.7 Å². The molecule has 0 radical (unpaired) electrons. The topological polar surface area (TPSA) is 84.0 Å². The van der Waals surface area contributed by atoms with Gasteiger partial charge in [0.2, 0.25) is 10.0 Å². The minimum absolute atomic E-state index is 0.111. The fraction of sp³-hybridized carbons (Fsp3) is 0.455. The molecule has 0 unspecified atom stereocenters. The Morgan fingerprint density at radius 3 is 2.32 bits per heavy atom. The molecule has 2 aromatic carbocycles. The summed E-state index contributed by atoms with van der Waals surface area (Å²) in [5, 5.41) is 0. The van der Waals surface area contributed by atoms with Gasteiger partial charge in [-0.25, -0.2) is 16.8 Å². The maximum atomic E-state index is 13.6. The molecular weight excluding hydrogens is 436 g/mol. The van der Waals surface area contributed by atoms with E-state index in [1.165, 1.54) is 21.8 Å². The Kier molecular flexibility index (Phi) is 5.78. The molecule has 0 bridgehead atoms. The van der Waals surface area contributed by atoms with E-state index in [0.717, 1.165) is 30.4 Å². The molecule has 1 fully saturated rings. The van der Waals surface area contributed by atoms with Gasteiger partial charge in [0.1, 0.15) is 10.6 Å². The van der Waals surface area contributed by atoms with E-state index in [0.29, 0.717) is 25.2 Å². The van der Waals surface area contributed by atoms with Crippen molar-refractivity contribution in [2.45, 2.75) is 55.4 Å². The Bertz CT molecular complexity index is 1200. The fourth-order valence-corrected chi connectivity index (χ4v) is 7.96. The van der Waals surface area contributed by atoms with Crippen molar-refractivity contribution in [3.63, 3.8) is 0 Å². The summed E-state index contributed by atoms with van der Waals surface area (Å²) in [5.41, 5.74) is 2.06. The maximum Gasteiger partial charge on any atom is 0.268 e. The van der Waals surface area contributed by atoms with Gasteiger partial charge in [0.25, 0.3) is 10.0 Å². The van der Waals surface area contributed by atoms with Crippen LogP contribution in [0.2, 0.25) is 0 Å². The Balaban J connectivity index is 1.74. The average Bonchev–Trinajstić information content (AvgIpc) is 3.10. The van der Waals surface area contributed by atoms with Crippen LogP contribution in [0.25, 0.3) is 0 Å². The number of ether oxygens (including phenoxy) is 1. The summed E-state index contributed by atoms with van der Waals surface area (Å²) in [6, 6.07) is 9.51. The summed E-state index contributed by atoms with van der Waals surface area (Å²) in [7, 11) is -6.02. The number of fused-ring (bicyclic) bond motifs is 1. The molecule has 9 heteroatoms. The van der Waals surface area contributed by atoms with E-state index in [2.05, 4.69) is 0 Å². The van der Waals surface area contributed by atoms with Gasteiger partial charge < -0.3 is 4.74 Å². The third-order valence-corrected chi connectivity index (χ3v) is 9.86. The van der Waals surface area contributed by atoms with Gasteiger partial charge in [-0.3, -0.25) is 4.31 Å². The largest absolute Gasteiger partial charge is 0.495 e. The minimum atomic E-state index is -3.89. The lowest BCUT2D eigenvalue weighted by Gasteiger charge is -2.27. The van der Waals surface area contributed by atoms with Crippen molar-refractivity contribution in [2.24, 2.45) is 0 Å². The Morgan fingerprint density at radius 1 is 0.935 bits per heavy atom. The number of sulfonamides is 2. The molecule has 0 aromatic heterocycles. The molecule has 2 heterocycles. The van der Waals surface area contributed by atoms with Gasteiger partial charge in [0.15, 0.2) is 0 Å². The van der Waals surface area contributed by atoms with Crippen molar-refractivity contribution in [2.75, 3.05) is 24.5 Å². The highest BCUT2D eigenvalue weighted by molar-refractivity contribution is 7.93. The Hall–Kier alpha value is -2.10.